The zero-order valence-electron chi connectivity index (χ0n) is 11.9. The Kier molecular flexibility index (Phi) is 4.70. The molecule has 2 fully saturated rings. The van der Waals surface area contributed by atoms with Crippen molar-refractivity contribution in [1.82, 2.24) is 0 Å². The smallest absolute Gasteiger partial charge is 0.00902 e. The minimum atomic E-state index is 0.510. The fraction of sp³-hybridized carbons (Fsp3) is 0.882. The molecule has 2 aliphatic rings. The fourth-order valence-electron chi connectivity index (χ4n) is 4.41. The lowest BCUT2D eigenvalue weighted by Crippen LogP contribution is -2.36. The van der Waals surface area contributed by atoms with Crippen molar-refractivity contribution in [3.05, 3.63) is 12.2 Å². The topological polar surface area (TPSA) is 0 Å². The molecule has 2 rings (SSSR count). The Balaban J connectivity index is 2.11. The van der Waals surface area contributed by atoms with Crippen molar-refractivity contribution >= 4 is 0 Å². The molecule has 0 amide bonds. The number of hydrogen-bond acceptors (Lipinski definition) is 0. The molecule has 0 aliphatic heterocycles. The first kappa shape index (κ1) is 13.2. The zero-order chi connectivity index (χ0) is 12.1. The maximum atomic E-state index is 2.57. The minimum Gasteiger partial charge on any atom is -0.0911 e. The molecule has 0 aromatic rings. The normalized spacial score (nSPS) is 25.5. The van der Waals surface area contributed by atoms with Gasteiger partial charge in [-0.15, -0.1) is 0 Å². The van der Waals surface area contributed by atoms with Crippen LogP contribution in [0.1, 0.15) is 78.1 Å². The summed E-state index contributed by atoms with van der Waals surface area (Å²) in [7, 11) is 0. The van der Waals surface area contributed by atoms with Gasteiger partial charge in [0.15, 0.2) is 0 Å². The first-order chi connectivity index (χ1) is 8.27. The lowest BCUT2D eigenvalue weighted by Gasteiger charge is -2.45. The molecule has 2 saturated carbocycles. The summed E-state index contributed by atoms with van der Waals surface area (Å²) >= 11 is 0. The highest BCUT2D eigenvalue weighted by atomic mass is 14.4. The quantitative estimate of drug-likeness (QED) is 0.547. The highest BCUT2D eigenvalue weighted by molar-refractivity contribution is 5.04. The van der Waals surface area contributed by atoms with Gasteiger partial charge in [-0.2, -0.15) is 0 Å². The van der Waals surface area contributed by atoms with Gasteiger partial charge in [0.1, 0.15) is 0 Å². The molecule has 0 nitrogen and oxygen atoms in total. The maximum absolute atomic E-state index is 2.57. The summed E-state index contributed by atoms with van der Waals surface area (Å²) in [5.41, 5.74) is 0.510. The Labute approximate surface area is 108 Å². The molecule has 0 aromatic heterocycles. The van der Waals surface area contributed by atoms with Crippen LogP contribution in [0.15, 0.2) is 12.2 Å². The van der Waals surface area contributed by atoms with Gasteiger partial charge in [-0.25, -0.2) is 0 Å². The predicted octanol–water partition coefficient (Wildman–Crippen LogP) is 5.73. The van der Waals surface area contributed by atoms with E-state index in [9.17, 15) is 0 Å². The maximum Gasteiger partial charge on any atom is -0.00902 e. The Bertz CT molecular complexity index is 221. The molecule has 0 heterocycles. The molecular weight excluding hydrogens is 204 g/mol. The Hall–Kier alpha value is -0.260. The van der Waals surface area contributed by atoms with Crippen LogP contribution < -0.4 is 0 Å². The fourth-order valence-corrected chi connectivity index (χ4v) is 4.41. The van der Waals surface area contributed by atoms with Gasteiger partial charge in [0.05, 0.1) is 0 Å². The van der Waals surface area contributed by atoms with E-state index in [2.05, 4.69) is 26.0 Å². The van der Waals surface area contributed by atoms with Crippen LogP contribution in [0.4, 0.5) is 0 Å². The molecule has 0 aromatic carbocycles. The standard InChI is InChI=1S/C17H30/c1-3-14-17(2,15-10-6-4-7-11-15)16-12-8-5-9-13-16/h3,14-16H,4-13H2,1-2H3. The SMILES string of the molecule is CC=CC(C)(C1CCCCC1)C1CCCCC1. The molecule has 0 atom stereocenters. The summed E-state index contributed by atoms with van der Waals surface area (Å²) in [6, 6.07) is 0. The van der Waals surface area contributed by atoms with Crippen LogP contribution in [0.2, 0.25) is 0 Å². The number of rotatable bonds is 3. The van der Waals surface area contributed by atoms with Gasteiger partial charge < -0.3 is 0 Å². The number of allylic oxidation sites excluding steroid dienone is 2. The lowest BCUT2D eigenvalue weighted by molar-refractivity contribution is 0.0870. The van der Waals surface area contributed by atoms with Crippen molar-refractivity contribution in [2.24, 2.45) is 17.3 Å². The second kappa shape index (κ2) is 6.07. The third-order valence-corrected chi connectivity index (χ3v) is 5.50. The predicted molar refractivity (Wildman–Crippen MR) is 76.1 cm³/mol. The van der Waals surface area contributed by atoms with E-state index < -0.39 is 0 Å². The monoisotopic (exact) mass is 234 g/mol. The summed E-state index contributed by atoms with van der Waals surface area (Å²) in [5.74, 6) is 1.94. The molecule has 0 bridgehead atoms. The first-order valence-electron chi connectivity index (χ1n) is 7.91. The molecule has 0 N–H and O–H groups in total. The van der Waals surface area contributed by atoms with E-state index in [-0.39, 0.29) is 0 Å². The van der Waals surface area contributed by atoms with E-state index in [4.69, 9.17) is 0 Å². The van der Waals surface area contributed by atoms with E-state index in [0.29, 0.717) is 5.41 Å². The van der Waals surface area contributed by atoms with Crippen molar-refractivity contribution < 1.29 is 0 Å². The average Bonchev–Trinajstić information content (AvgIpc) is 2.41. The third kappa shape index (κ3) is 2.95. The van der Waals surface area contributed by atoms with Crippen LogP contribution in [0, 0.1) is 17.3 Å². The van der Waals surface area contributed by atoms with Gasteiger partial charge >= 0.3 is 0 Å². The van der Waals surface area contributed by atoms with E-state index in [1.54, 1.807) is 0 Å². The molecule has 0 unspecified atom stereocenters. The van der Waals surface area contributed by atoms with Gasteiger partial charge in [0, 0.05) is 0 Å². The Morgan fingerprint density at radius 2 is 1.18 bits per heavy atom. The summed E-state index contributed by atoms with van der Waals surface area (Å²) in [4.78, 5) is 0. The van der Waals surface area contributed by atoms with Crippen molar-refractivity contribution in [3.63, 3.8) is 0 Å². The van der Waals surface area contributed by atoms with Crippen molar-refractivity contribution in [3.8, 4) is 0 Å². The Morgan fingerprint density at radius 3 is 1.53 bits per heavy atom. The van der Waals surface area contributed by atoms with E-state index >= 15 is 0 Å². The van der Waals surface area contributed by atoms with Crippen LogP contribution >= 0.6 is 0 Å². The molecule has 0 heteroatoms. The molecule has 17 heavy (non-hydrogen) atoms. The molecule has 2 aliphatic carbocycles. The average molecular weight is 234 g/mol. The van der Waals surface area contributed by atoms with E-state index in [1.807, 2.05) is 0 Å². The third-order valence-electron chi connectivity index (χ3n) is 5.50. The van der Waals surface area contributed by atoms with Crippen LogP contribution in [-0.2, 0) is 0 Å². The van der Waals surface area contributed by atoms with Crippen LogP contribution in [0.3, 0.4) is 0 Å². The highest BCUT2D eigenvalue weighted by Crippen LogP contribution is 2.49. The van der Waals surface area contributed by atoms with E-state index in [0.717, 1.165) is 11.8 Å². The molecule has 0 saturated heterocycles. The molecule has 0 spiro atoms. The van der Waals surface area contributed by atoms with Crippen molar-refractivity contribution in [2.75, 3.05) is 0 Å². The summed E-state index contributed by atoms with van der Waals surface area (Å²) in [6.07, 6.45) is 19.7. The van der Waals surface area contributed by atoms with Gasteiger partial charge in [-0.3, -0.25) is 0 Å². The zero-order valence-corrected chi connectivity index (χ0v) is 11.9. The summed E-state index contributed by atoms with van der Waals surface area (Å²) in [6.45, 7) is 4.78. The lowest BCUT2D eigenvalue weighted by atomic mass is 9.60. The molecule has 0 radical (unpaired) electrons. The van der Waals surface area contributed by atoms with Gasteiger partial charge in [0.25, 0.3) is 0 Å². The molecular formula is C17H30. The van der Waals surface area contributed by atoms with Crippen molar-refractivity contribution in [2.45, 2.75) is 78.1 Å². The second-order valence-corrected chi connectivity index (χ2v) is 6.54. The molecule has 98 valence electrons. The van der Waals surface area contributed by atoms with Crippen LogP contribution in [0.5, 0.6) is 0 Å². The van der Waals surface area contributed by atoms with Gasteiger partial charge in [-0.05, 0) is 49.9 Å². The minimum absolute atomic E-state index is 0.510. The summed E-state index contributed by atoms with van der Waals surface area (Å²) in [5, 5.41) is 0. The van der Waals surface area contributed by atoms with Gasteiger partial charge in [-0.1, -0.05) is 57.6 Å². The van der Waals surface area contributed by atoms with Crippen LogP contribution in [0.25, 0.3) is 0 Å². The Morgan fingerprint density at radius 1 is 0.765 bits per heavy atom. The van der Waals surface area contributed by atoms with Crippen molar-refractivity contribution in [1.29, 1.82) is 0 Å². The van der Waals surface area contributed by atoms with Gasteiger partial charge in [0.2, 0.25) is 0 Å². The largest absolute Gasteiger partial charge is 0.0911 e. The van der Waals surface area contributed by atoms with Crippen LogP contribution in [-0.4, -0.2) is 0 Å². The highest BCUT2D eigenvalue weighted by Gasteiger charge is 2.39. The second-order valence-electron chi connectivity index (χ2n) is 6.54. The first-order valence-corrected chi connectivity index (χ1v) is 7.91. The number of hydrogen-bond donors (Lipinski definition) is 0. The summed E-state index contributed by atoms with van der Waals surface area (Å²) < 4.78 is 0. The van der Waals surface area contributed by atoms with E-state index in [1.165, 1.54) is 64.2 Å².